The summed E-state index contributed by atoms with van der Waals surface area (Å²) >= 11 is 1.36. The van der Waals surface area contributed by atoms with Crippen molar-refractivity contribution >= 4 is 23.5 Å². The first kappa shape index (κ1) is 21.8. The summed E-state index contributed by atoms with van der Waals surface area (Å²) in [6, 6.07) is 13.6. The number of rotatable bonds is 7. The molecule has 2 aromatic carbocycles. The molecule has 1 aliphatic rings. The van der Waals surface area contributed by atoms with Crippen molar-refractivity contribution in [2.24, 2.45) is 7.05 Å². The van der Waals surface area contributed by atoms with Crippen molar-refractivity contribution in [1.82, 2.24) is 9.55 Å². The molecule has 6 nitrogen and oxygen atoms in total. The zero-order valence-electron chi connectivity index (χ0n) is 17.5. The van der Waals surface area contributed by atoms with Crippen LogP contribution in [-0.2, 0) is 18.4 Å². The van der Waals surface area contributed by atoms with E-state index in [9.17, 15) is 14.0 Å². The van der Waals surface area contributed by atoms with E-state index >= 15 is 0 Å². The number of benzene rings is 2. The average Bonchev–Trinajstić information content (AvgIpc) is 2.79. The molecule has 1 atom stereocenters. The molecule has 0 fully saturated rings. The van der Waals surface area contributed by atoms with Gasteiger partial charge in [-0.3, -0.25) is 9.59 Å². The molecule has 1 amide bonds. The van der Waals surface area contributed by atoms with Crippen molar-refractivity contribution in [3.8, 4) is 5.75 Å². The lowest BCUT2D eigenvalue weighted by Gasteiger charge is -2.28. The summed E-state index contributed by atoms with van der Waals surface area (Å²) in [6.45, 7) is 3.72. The third-order valence-electron chi connectivity index (χ3n) is 5.27. The minimum absolute atomic E-state index is 0.0306. The number of amides is 1. The molecule has 164 valence electrons. The molecule has 0 bridgehead atoms. The normalized spacial score (nSPS) is 15.1. The van der Waals surface area contributed by atoms with Gasteiger partial charge in [-0.15, -0.1) is 6.58 Å². The van der Waals surface area contributed by atoms with Crippen LogP contribution in [0, 0.1) is 5.82 Å². The second-order valence-corrected chi connectivity index (χ2v) is 8.33. The first-order chi connectivity index (χ1) is 15.5. The van der Waals surface area contributed by atoms with Gasteiger partial charge in [-0.1, -0.05) is 54.2 Å². The maximum absolute atomic E-state index is 14.0. The molecular weight excluding hydrogens is 429 g/mol. The van der Waals surface area contributed by atoms with Gasteiger partial charge in [-0.05, 0) is 12.1 Å². The highest BCUT2D eigenvalue weighted by atomic mass is 32.2. The van der Waals surface area contributed by atoms with Gasteiger partial charge in [0.2, 0.25) is 5.91 Å². The molecule has 2 heterocycles. The number of nitrogens with zero attached hydrogens (tertiary/aromatic N) is 2. The van der Waals surface area contributed by atoms with Crippen LogP contribution in [0.1, 0.15) is 29.0 Å². The molecule has 1 aliphatic heterocycles. The fourth-order valence-electron chi connectivity index (χ4n) is 3.73. The summed E-state index contributed by atoms with van der Waals surface area (Å²) in [7, 11) is 1.76. The van der Waals surface area contributed by atoms with Crippen LogP contribution >= 0.6 is 11.8 Å². The standard InChI is InChI=1S/C24H22FN3O3S/c1-3-12-32-24-27-23(30)21-17(13-20(29)26-22(21)28(24)2)16-9-5-7-11-19(16)31-14-15-8-4-6-10-18(15)25/h3-11,17H,1,12-14H2,2H3,(H,26,29)/t17-/m1/s1. The largest absolute Gasteiger partial charge is 0.488 e. The number of hydrogen-bond acceptors (Lipinski definition) is 5. The topological polar surface area (TPSA) is 73.2 Å². The highest BCUT2D eigenvalue weighted by Crippen LogP contribution is 2.39. The lowest BCUT2D eigenvalue weighted by atomic mass is 9.86. The quantitative estimate of drug-likeness (QED) is 0.330. The van der Waals surface area contributed by atoms with Crippen LogP contribution in [0.15, 0.2) is 71.1 Å². The minimum atomic E-state index is -0.528. The van der Waals surface area contributed by atoms with Gasteiger partial charge in [-0.25, -0.2) is 4.39 Å². The number of fused-ring (bicyclic) bond motifs is 1. The third-order valence-corrected chi connectivity index (χ3v) is 6.29. The zero-order valence-corrected chi connectivity index (χ0v) is 18.3. The van der Waals surface area contributed by atoms with Crippen LogP contribution in [0.3, 0.4) is 0 Å². The Labute approximate surface area is 189 Å². The lowest BCUT2D eigenvalue weighted by Crippen LogP contribution is -2.33. The maximum atomic E-state index is 14.0. The Bertz CT molecular complexity index is 1240. The number of ether oxygens (including phenoxy) is 1. The van der Waals surface area contributed by atoms with Crippen molar-refractivity contribution in [2.45, 2.75) is 24.1 Å². The summed E-state index contributed by atoms with van der Waals surface area (Å²) in [6.07, 6.45) is 1.81. The van der Waals surface area contributed by atoms with Crippen molar-refractivity contribution in [3.05, 3.63) is 94.0 Å². The first-order valence-electron chi connectivity index (χ1n) is 10.1. The maximum Gasteiger partial charge on any atom is 0.279 e. The molecule has 8 heteroatoms. The van der Waals surface area contributed by atoms with Gasteiger partial charge >= 0.3 is 0 Å². The molecule has 0 saturated heterocycles. The number of carbonyl (C=O) groups is 1. The number of halogens is 1. The van der Waals surface area contributed by atoms with E-state index in [1.165, 1.54) is 17.8 Å². The van der Waals surface area contributed by atoms with Crippen LogP contribution in [-0.4, -0.2) is 21.2 Å². The molecule has 1 N–H and O–H groups in total. The van der Waals surface area contributed by atoms with Gasteiger partial charge in [0.1, 0.15) is 24.0 Å². The summed E-state index contributed by atoms with van der Waals surface area (Å²) < 4.78 is 21.7. The molecule has 0 radical (unpaired) electrons. The van der Waals surface area contributed by atoms with Gasteiger partial charge in [0, 0.05) is 36.3 Å². The third kappa shape index (κ3) is 4.31. The number of nitrogens with one attached hydrogen (secondary N) is 1. The molecule has 0 aliphatic carbocycles. The highest BCUT2D eigenvalue weighted by Gasteiger charge is 2.33. The lowest BCUT2D eigenvalue weighted by molar-refractivity contribution is -0.116. The molecular formula is C24H22FN3O3S. The number of carbonyl (C=O) groups excluding carboxylic acids is 1. The number of thioether (sulfide) groups is 1. The van der Waals surface area contributed by atoms with Crippen LogP contribution in [0.4, 0.5) is 10.2 Å². The van der Waals surface area contributed by atoms with Crippen molar-refractivity contribution < 1.29 is 13.9 Å². The fourth-order valence-corrected chi connectivity index (χ4v) is 4.43. The van der Waals surface area contributed by atoms with E-state index in [0.717, 1.165) is 0 Å². The number of hydrogen-bond donors (Lipinski definition) is 1. The summed E-state index contributed by atoms with van der Waals surface area (Å²) in [5.41, 5.74) is 1.13. The number of para-hydroxylation sites is 1. The Morgan fingerprint density at radius 1 is 1.25 bits per heavy atom. The summed E-state index contributed by atoms with van der Waals surface area (Å²) in [5, 5.41) is 3.32. The van der Waals surface area contributed by atoms with Crippen molar-refractivity contribution in [2.75, 3.05) is 11.1 Å². The van der Waals surface area contributed by atoms with E-state index in [4.69, 9.17) is 4.74 Å². The zero-order chi connectivity index (χ0) is 22.7. The molecule has 32 heavy (non-hydrogen) atoms. The fraction of sp³-hybridized carbons (Fsp3) is 0.208. The van der Waals surface area contributed by atoms with E-state index in [1.54, 1.807) is 48.0 Å². The van der Waals surface area contributed by atoms with Gasteiger partial charge in [-0.2, -0.15) is 4.98 Å². The van der Waals surface area contributed by atoms with Crippen LogP contribution < -0.4 is 15.6 Å². The number of aromatic nitrogens is 2. The van der Waals surface area contributed by atoms with Gasteiger partial charge in [0.15, 0.2) is 5.16 Å². The molecule has 4 rings (SSSR count). The Morgan fingerprint density at radius 2 is 2.00 bits per heavy atom. The number of anilines is 1. The SMILES string of the molecule is C=CCSc1nc(=O)c2c(n1C)NC(=O)C[C@@H]2c1ccccc1OCc1ccccc1F. The highest BCUT2D eigenvalue weighted by molar-refractivity contribution is 7.99. The molecule has 0 saturated carbocycles. The monoisotopic (exact) mass is 451 g/mol. The van der Waals surface area contributed by atoms with Crippen molar-refractivity contribution in [1.29, 1.82) is 0 Å². The Hall–Kier alpha value is -3.39. The molecule has 0 unspecified atom stereocenters. The van der Waals surface area contributed by atoms with E-state index in [0.29, 0.717) is 39.2 Å². The summed E-state index contributed by atoms with van der Waals surface area (Å²) in [4.78, 5) is 29.8. The van der Waals surface area contributed by atoms with Crippen LogP contribution in [0.5, 0.6) is 5.75 Å². The van der Waals surface area contributed by atoms with E-state index in [-0.39, 0.29) is 24.8 Å². The predicted molar refractivity (Wildman–Crippen MR) is 123 cm³/mol. The van der Waals surface area contributed by atoms with Gasteiger partial charge in [0.05, 0.1) is 5.56 Å². The summed E-state index contributed by atoms with van der Waals surface area (Å²) in [5.74, 6) is 0.432. The van der Waals surface area contributed by atoms with Crippen molar-refractivity contribution in [3.63, 3.8) is 0 Å². The van der Waals surface area contributed by atoms with E-state index in [2.05, 4.69) is 16.9 Å². The second-order valence-electron chi connectivity index (χ2n) is 7.34. The van der Waals surface area contributed by atoms with Crippen LogP contribution in [0.2, 0.25) is 0 Å². The van der Waals surface area contributed by atoms with Gasteiger partial charge in [0.25, 0.3) is 5.56 Å². The minimum Gasteiger partial charge on any atom is -0.488 e. The van der Waals surface area contributed by atoms with E-state index < -0.39 is 11.5 Å². The Kier molecular flexibility index (Phi) is 6.41. The Balaban J connectivity index is 1.74. The molecule has 0 spiro atoms. The average molecular weight is 452 g/mol. The first-order valence-corrected chi connectivity index (χ1v) is 11.1. The van der Waals surface area contributed by atoms with Gasteiger partial charge < -0.3 is 14.6 Å². The smallest absolute Gasteiger partial charge is 0.279 e. The van der Waals surface area contributed by atoms with E-state index in [1.807, 2.05) is 12.1 Å². The Morgan fingerprint density at radius 3 is 2.78 bits per heavy atom. The van der Waals surface area contributed by atoms with Crippen LogP contribution in [0.25, 0.3) is 0 Å². The predicted octanol–water partition coefficient (Wildman–Crippen LogP) is 4.25. The molecule has 1 aromatic heterocycles. The molecule has 3 aromatic rings. The second kappa shape index (κ2) is 9.40.